The van der Waals surface area contributed by atoms with Gasteiger partial charge < -0.3 is 10.4 Å². The molecule has 0 unspecified atom stereocenters. The van der Waals surface area contributed by atoms with Crippen LogP contribution in [0.15, 0.2) is 30.3 Å². The van der Waals surface area contributed by atoms with Gasteiger partial charge in [0.25, 0.3) is 11.8 Å². The number of hydrogen-bond donors (Lipinski definition) is 2. The Labute approximate surface area is 196 Å². The molecule has 176 valence electrons. The lowest BCUT2D eigenvalue weighted by Crippen LogP contribution is -2.22. The first-order chi connectivity index (χ1) is 15.4. The highest BCUT2D eigenvalue weighted by atomic mass is 32.1. The molecule has 2 aromatic heterocycles. The lowest BCUT2D eigenvalue weighted by Gasteiger charge is -2.24. The average molecular weight is 474 g/mol. The van der Waals surface area contributed by atoms with Crippen LogP contribution in [0.3, 0.4) is 0 Å². The Kier molecular flexibility index (Phi) is 6.26. The van der Waals surface area contributed by atoms with Gasteiger partial charge in [-0.1, -0.05) is 25.8 Å². The predicted molar refractivity (Wildman–Crippen MR) is 127 cm³/mol. The summed E-state index contributed by atoms with van der Waals surface area (Å²) in [6.07, 6.45) is 4.62. The van der Waals surface area contributed by atoms with E-state index in [9.17, 15) is 18.7 Å². The maximum absolute atomic E-state index is 13.7. The highest BCUT2D eigenvalue weighted by molar-refractivity contribution is 7.18. The van der Waals surface area contributed by atoms with Crippen molar-refractivity contribution in [3.8, 4) is 0 Å². The Morgan fingerprint density at radius 1 is 1.12 bits per heavy atom. The highest BCUT2D eigenvalue weighted by Gasteiger charge is 2.28. The number of halogens is 2. The molecule has 0 atom stereocenters. The summed E-state index contributed by atoms with van der Waals surface area (Å²) >= 11 is 1.61. The van der Waals surface area contributed by atoms with Gasteiger partial charge in [0.2, 0.25) is 0 Å². The summed E-state index contributed by atoms with van der Waals surface area (Å²) in [4.78, 5) is 21.6. The average Bonchev–Trinajstić information content (AvgIpc) is 3.15. The number of pyridine rings is 1. The Hall–Kier alpha value is -2.45. The minimum absolute atomic E-state index is 0.114. The number of alkyl halides is 2. The van der Waals surface area contributed by atoms with Crippen molar-refractivity contribution in [3.05, 3.63) is 52.3 Å². The van der Waals surface area contributed by atoms with E-state index in [1.807, 2.05) is 6.07 Å². The van der Waals surface area contributed by atoms with Crippen molar-refractivity contribution >= 4 is 33.1 Å². The summed E-state index contributed by atoms with van der Waals surface area (Å²) in [5.74, 6) is -2.58. The summed E-state index contributed by atoms with van der Waals surface area (Å²) < 4.78 is 28.2. The molecule has 0 aliphatic heterocycles. The van der Waals surface area contributed by atoms with Gasteiger partial charge in [0.15, 0.2) is 0 Å². The largest absolute Gasteiger partial charge is 0.386 e. The molecule has 2 heterocycles. The van der Waals surface area contributed by atoms with Gasteiger partial charge in [0, 0.05) is 24.1 Å². The molecule has 1 amide bonds. The van der Waals surface area contributed by atoms with Crippen molar-refractivity contribution in [1.29, 1.82) is 0 Å². The standard InChI is InChI=1S/C25H29F2N3O2S/c1-14-8-10-15(11-9-14)23-30-19-12-16(24(2,3)32)18(13-20(19)33-23)29-22(31)17-6-5-7-21(28-17)25(4,26)27/h5-7,12-15,32H,8-11H2,1-4H3,(H,29,31). The van der Waals surface area contributed by atoms with Gasteiger partial charge in [-0.2, -0.15) is 8.78 Å². The fourth-order valence-electron chi connectivity index (χ4n) is 4.27. The minimum atomic E-state index is -3.15. The summed E-state index contributed by atoms with van der Waals surface area (Å²) in [6.45, 7) is 6.29. The number of rotatable bonds is 5. The molecule has 4 rings (SSSR count). The summed E-state index contributed by atoms with van der Waals surface area (Å²) in [7, 11) is 0. The first-order valence-corrected chi connectivity index (χ1v) is 12.1. The Morgan fingerprint density at radius 2 is 1.82 bits per heavy atom. The number of thiazole rings is 1. The van der Waals surface area contributed by atoms with E-state index < -0.39 is 23.1 Å². The molecule has 2 N–H and O–H groups in total. The third kappa shape index (κ3) is 5.22. The number of aromatic nitrogens is 2. The number of nitrogens with zero attached hydrogens (tertiary/aromatic N) is 2. The second-order valence-electron chi connectivity index (χ2n) is 9.68. The van der Waals surface area contributed by atoms with Gasteiger partial charge in [-0.25, -0.2) is 9.97 Å². The van der Waals surface area contributed by atoms with Crippen LogP contribution in [0, 0.1) is 5.92 Å². The first kappa shape index (κ1) is 23.7. The molecule has 0 radical (unpaired) electrons. The van der Waals surface area contributed by atoms with Crippen molar-refractivity contribution in [2.75, 3.05) is 5.32 Å². The van der Waals surface area contributed by atoms with Crippen LogP contribution in [-0.2, 0) is 11.5 Å². The van der Waals surface area contributed by atoms with Crippen molar-refractivity contribution in [2.45, 2.75) is 70.8 Å². The quantitative estimate of drug-likeness (QED) is 0.439. The normalized spacial score (nSPS) is 19.6. The van der Waals surface area contributed by atoms with Crippen LogP contribution in [0.4, 0.5) is 14.5 Å². The van der Waals surface area contributed by atoms with Crippen molar-refractivity contribution < 1.29 is 18.7 Å². The second-order valence-corrected chi connectivity index (χ2v) is 10.7. The molecular formula is C25H29F2N3O2S. The smallest absolute Gasteiger partial charge is 0.287 e. The van der Waals surface area contributed by atoms with Crippen molar-refractivity contribution in [3.63, 3.8) is 0 Å². The van der Waals surface area contributed by atoms with E-state index in [0.717, 1.165) is 40.9 Å². The fraction of sp³-hybridized carbons (Fsp3) is 0.480. The number of amides is 1. The van der Waals surface area contributed by atoms with Crippen LogP contribution in [0.2, 0.25) is 0 Å². The topological polar surface area (TPSA) is 75.1 Å². The van der Waals surface area contributed by atoms with Crippen LogP contribution >= 0.6 is 11.3 Å². The Balaban J connectivity index is 1.68. The summed E-state index contributed by atoms with van der Waals surface area (Å²) in [5.41, 5.74) is -0.113. The van der Waals surface area contributed by atoms with Crippen LogP contribution in [-0.4, -0.2) is 21.0 Å². The van der Waals surface area contributed by atoms with Gasteiger partial charge in [0.1, 0.15) is 11.4 Å². The molecule has 1 aliphatic rings. The highest BCUT2D eigenvalue weighted by Crippen LogP contribution is 2.41. The molecule has 1 aliphatic carbocycles. The third-order valence-corrected chi connectivity index (χ3v) is 7.43. The summed E-state index contributed by atoms with van der Waals surface area (Å²) in [6, 6.07) is 7.58. The Morgan fingerprint density at radius 3 is 2.45 bits per heavy atom. The third-order valence-electron chi connectivity index (χ3n) is 6.25. The van der Waals surface area contributed by atoms with Gasteiger partial charge in [-0.15, -0.1) is 11.3 Å². The lowest BCUT2D eigenvalue weighted by molar-refractivity contribution is 0.0126. The number of nitrogens with one attached hydrogen (secondary N) is 1. The monoisotopic (exact) mass is 473 g/mol. The number of anilines is 1. The molecule has 5 nitrogen and oxygen atoms in total. The van der Waals surface area contributed by atoms with E-state index in [2.05, 4.69) is 17.2 Å². The van der Waals surface area contributed by atoms with E-state index >= 15 is 0 Å². The number of aliphatic hydroxyl groups is 1. The zero-order valence-electron chi connectivity index (χ0n) is 19.3. The van der Waals surface area contributed by atoms with E-state index in [1.54, 1.807) is 31.3 Å². The van der Waals surface area contributed by atoms with E-state index in [-0.39, 0.29) is 5.69 Å². The van der Waals surface area contributed by atoms with Crippen LogP contribution < -0.4 is 5.32 Å². The van der Waals surface area contributed by atoms with Gasteiger partial charge in [-0.3, -0.25) is 4.79 Å². The second kappa shape index (κ2) is 8.72. The van der Waals surface area contributed by atoms with Gasteiger partial charge in [0.05, 0.1) is 20.8 Å². The molecule has 0 bridgehead atoms. The summed E-state index contributed by atoms with van der Waals surface area (Å²) in [5, 5.41) is 14.6. The Bertz CT molecular complexity index is 1170. The molecule has 33 heavy (non-hydrogen) atoms. The predicted octanol–water partition coefficient (Wildman–Crippen LogP) is 6.58. The maximum atomic E-state index is 13.7. The molecule has 1 aromatic carbocycles. The number of fused-ring (bicyclic) bond motifs is 1. The number of hydrogen-bond acceptors (Lipinski definition) is 5. The van der Waals surface area contributed by atoms with Crippen molar-refractivity contribution in [2.24, 2.45) is 5.92 Å². The van der Waals surface area contributed by atoms with E-state index in [4.69, 9.17) is 4.98 Å². The van der Waals surface area contributed by atoms with E-state index in [1.165, 1.54) is 31.0 Å². The molecule has 1 fully saturated rings. The molecule has 8 heteroatoms. The fourth-order valence-corrected chi connectivity index (χ4v) is 5.43. The molecule has 0 spiro atoms. The minimum Gasteiger partial charge on any atom is -0.386 e. The molecular weight excluding hydrogens is 444 g/mol. The maximum Gasteiger partial charge on any atom is 0.287 e. The lowest BCUT2D eigenvalue weighted by atomic mass is 9.83. The SMILES string of the molecule is CC1CCC(c2nc3cc(C(C)(C)O)c(NC(=O)c4cccc(C(C)(F)F)n4)cc3s2)CC1. The van der Waals surface area contributed by atoms with Crippen LogP contribution in [0.1, 0.15) is 86.0 Å². The van der Waals surface area contributed by atoms with Crippen molar-refractivity contribution in [1.82, 2.24) is 9.97 Å². The van der Waals surface area contributed by atoms with Gasteiger partial charge >= 0.3 is 0 Å². The van der Waals surface area contributed by atoms with Crippen LogP contribution in [0.5, 0.6) is 0 Å². The molecule has 0 saturated heterocycles. The molecule has 3 aromatic rings. The zero-order chi connectivity index (χ0) is 24.0. The number of benzene rings is 1. The number of carbonyl (C=O) groups is 1. The number of carbonyl (C=O) groups excluding carboxylic acids is 1. The van der Waals surface area contributed by atoms with E-state index in [0.29, 0.717) is 17.2 Å². The molecule has 1 saturated carbocycles. The van der Waals surface area contributed by atoms with Crippen LogP contribution in [0.25, 0.3) is 10.2 Å². The van der Waals surface area contributed by atoms with Gasteiger partial charge in [-0.05, 0) is 56.9 Å². The zero-order valence-corrected chi connectivity index (χ0v) is 20.1. The first-order valence-electron chi connectivity index (χ1n) is 11.3.